The number of rotatable bonds is 4. The van der Waals surface area contributed by atoms with Crippen molar-refractivity contribution in [3.63, 3.8) is 0 Å². The number of likely N-dealkylation sites (tertiary alicyclic amines) is 1. The molecule has 0 bridgehead atoms. The summed E-state index contributed by atoms with van der Waals surface area (Å²) in [4.78, 5) is 17.4. The van der Waals surface area contributed by atoms with Crippen molar-refractivity contribution in [2.45, 2.75) is 51.6 Å². The average molecular weight is 279 g/mol. The third-order valence-electron chi connectivity index (χ3n) is 5.82. The molecule has 20 heavy (non-hydrogen) atoms. The summed E-state index contributed by atoms with van der Waals surface area (Å²) in [6.45, 7) is 9.58. The van der Waals surface area contributed by atoms with Gasteiger partial charge in [0.15, 0.2) is 0 Å². The summed E-state index contributed by atoms with van der Waals surface area (Å²) in [7, 11) is 0. The van der Waals surface area contributed by atoms with Gasteiger partial charge in [-0.2, -0.15) is 0 Å². The van der Waals surface area contributed by atoms with Gasteiger partial charge >= 0.3 is 0 Å². The Bertz CT molecular complexity index is 356. The summed E-state index contributed by atoms with van der Waals surface area (Å²) >= 11 is 0. The Balaban J connectivity index is 1.59. The number of nitrogens with zero attached hydrogens (tertiary/aromatic N) is 2. The first-order valence-electron chi connectivity index (χ1n) is 8.50. The van der Waals surface area contributed by atoms with E-state index in [1.54, 1.807) is 0 Å². The van der Waals surface area contributed by atoms with Crippen LogP contribution in [0.4, 0.5) is 0 Å². The minimum absolute atomic E-state index is 0.123. The second-order valence-corrected chi connectivity index (χ2v) is 6.69. The molecular weight excluding hydrogens is 250 g/mol. The second kappa shape index (κ2) is 6.02. The molecule has 4 heteroatoms. The number of fused-ring (bicyclic) bond motifs is 1. The van der Waals surface area contributed by atoms with Gasteiger partial charge in [-0.3, -0.25) is 9.69 Å². The van der Waals surface area contributed by atoms with Crippen molar-refractivity contribution in [3.8, 4) is 0 Å². The van der Waals surface area contributed by atoms with E-state index >= 15 is 0 Å². The fourth-order valence-corrected chi connectivity index (χ4v) is 4.63. The number of hydrogen-bond donors (Lipinski definition) is 1. The number of hydrogen-bond acceptors (Lipinski definition) is 3. The number of carbonyl (C=O) groups is 1. The predicted octanol–water partition coefficient (Wildman–Crippen LogP) is 1.32. The van der Waals surface area contributed by atoms with Crippen molar-refractivity contribution in [1.29, 1.82) is 0 Å². The van der Waals surface area contributed by atoms with Crippen molar-refractivity contribution < 1.29 is 4.79 Å². The van der Waals surface area contributed by atoms with Crippen LogP contribution in [0, 0.1) is 11.8 Å². The molecule has 0 aromatic heterocycles. The highest BCUT2D eigenvalue weighted by molar-refractivity contribution is 5.83. The first-order valence-corrected chi connectivity index (χ1v) is 8.50. The molecule has 1 amide bonds. The molecule has 2 saturated heterocycles. The van der Waals surface area contributed by atoms with Crippen LogP contribution in [0.3, 0.4) is 0 Å². The van der Waals surface area contributed by atoms with Crippen molar-refractivity contribution in [1.82, 2.24) is 15.1 Å². The topological polar surface area (TPSA) is 35.6 Å². The van der Waals surface area contributed by atoms with Crippen LogP contribution in [-0.4, -0.2) is 60.5 Å². The number of likely N-dealkylation sites (N-methyl/N-ethyl adjacent to an activating group) is 1. The van der Waals surface area contributed by atoms with Crippen LogP contribution in [-0.2, 0) is 4.79 Å². The van der Waals surface area contributed by atoms with E-state index in [1.165, 1.54) is 19.3 Å². The molecular formula is C16H29N3O. The lowest BCUT2D eigenvalue weighted by molar-refractivity contribution is -0.133. The molecule has 3 rings (SSSR count). The van der Waals surface area contributed by atoms with Gasteiger partial charge in [0.25, 0.3) is 0 Å². The van der Waals surface area contributed by atoms with E-state index in [1.807, 2.05) is 0 Å². The number of nitrogens with one attached hydrogen (secondary N) is 1. The molecule has 0 spiro atoms. The highest BCUT2D eigenvalue weighted by Gasteiger charge is 2.44. The lowest BCUT2D eigenvalue weighted by Crippen LogP contribution is -2.47. The highest BCUT2D eigenvalue weighted by Crippen LogP contribution is 2.38. The molecule has 0 radical (unpaired) electrons. The summed E-state index contributed by atoms with van der Waals surface area (Å²) in [6.07, 6.45) is 5.04. The lowest BCUT2D eigenvalue weighted by Gasteiger charge is -2.28. The molecule has 4 atom stereocenters. The fourth-order valence-electron chi connectivity index (χ4n) is 4.63. The summed E-state index contributed by atoms with van der Waals surface area (Å²) in [6, 6.07) is 0.702. The maximum absolute atomic E-state index is 12.8. The van der Waals surface area contributed by atoms with E-state index in [2.05, 4.69) is 29.0 Å². The maximum atomic E-state index is 12.8. The quantitative estimate of drug-likeness (QED) is 0.843. The monoisotopic (exact) mass is 279 g/mol. The molecule has 1 saturated carbocycles. The van der Waals surface area contributed by atoms with E-state index in [0.717, 1.165) is 45.1 Å². The SMILES string of the molecule is CCN(CC)C1CCN(C(=O)C2NCC3CCCC32)C1. The lowest BCUT2D eigenvalue weighted by atomic mass is 9.93. The molecule has 4 unspecified atom stereocenters. The first-order chi connectivity index (χ1) is 9.74. The molecule has 0 aromatic rings. The van der Waals surface area contributed by atoms with Gasteiger partial charge in [0, 0.05) is 19.1 Å². The van der Waals surface area contributed by atoms with Gasteiger partial charge in [-0.25, -0.2) is 0 Å². The molecule has 3 fully saturated rings. The van der Waals surface area contributed by atoms with E-state index in [-0.39, 0.29) is 6.04 Å². The Labute approximate surface area is 122 Å². The largest absolute Gasteiger partial charge is 0.340 e. The molecule has 1 aliphatic carbocycles. The molecule has 1 N–H and O–H groups in total. The second-order valence-electron chi connectivity index (χ2n) is 6.69. The fraction of sp³-hybridized carbons (Fsp3) is 0.938. The van der Waals surface area contributed by atoms with E-state index in [4.69, 9.17) is 0 Å². The summed E-state index contributed by atoms with van der Waals surface area (Å²) < 4.78 is 0. The van der Waals surface area contributed by atoms with Crippen LogP contribution in [0.5, 0.6) is 0 Å². The minimum atomic E-state index is 0.123. The van der Waals surface area contributed by atoms with Crippen molar-refractivity contribution in [2.75, 3.05) is 32.7 Å². The molecule has 3 aliphatic rings. The Morgan fingerprint density at radius 2 is 2.05 bits per heavy atom. The third kappa shape index (κ3) is 2.48. The van der Waals surface area contributed by atoms with E-state index in [9.17, 15) is 4.79 Å². The average Bonchev–Trinajstić information content (AvgIpc) is 3.15. The minimum Gasteiger partial charge on any atom is -0.340 e. The van der Waals surface area contributed by atoms with Gasteiger partial charge < -0.3 is 10.2 Å². The highest BCUT2D eigenvalue weighted by atomic mass is 16.2. The number of amides is 1. The van der Waals surface area contributed by atoms with Crippen LogP contribution in [0.1, 0.15) is 39.5 Å². The van der Waals surface area contributed by atoms with Gasteiger partial charge in [-0.05, 0) is 50.7 Å². The summed E-state index contributed by atoms with van der Waals surface area (Å²) in [5.41, 5.74) is 0. The summed E-state index contributed by atoms with van der Waals surface area (Å²) in [5, 5.41) is 3.50. The molecule has 4 nitrogen and oxygen atoms in total. The Morgan fingerprint density at radius 1 is 1.25 bits per heavy atom. The Morgan fingerprint density at radius 3 is 2.80 bits per heavy atom. The zero-order valence-electron chi connectivity index (χ0n) is 13.0. The molecule has 2 aliphatic heterocycles. The van der Waals surface area contributed by atoms with Gasteiger partial charge in [0.05, 0.1) is 6.04 Å². The number of carbonyl (C=O) groups excluding carboxylic acids is 1. The van der Waals surface area contributed by atoms with E-state index < -0.39 is 0 Å². The van der Waals surface area contributed by atoms with Crippen molar-refractivity contribution in [2.24, 2.45) is 11.8 Å². The smallest absolute Gasteiger partial charge is 0.240 e. The van der Waals surface area contributed by atoms with Crippen molar-refractivity contribution in [3.05, 3.63) is 0 Å². The van der Waals surface area contributed by atoms with Gasteiger partial charge in [-0.1, -0.05) is 20.3 Å². The van der Waals surface area contributed by atoms with Gasteiger partial charge in [0.1, 0.15) is 0 Å². The zero-order chi connectivity index (χ0) is 14.1. The first kappa shape index (κ1) is 14.3. The van der Waals surface area contributed by atoms with Crippen LogP contribution < -0.4 is 5.32 Å². The van der Waals surface area contributed by atoms with Crippen LogP contribution in [0.15, 0.2) is 0 Å². The maximum Gasteiger partial charge on any atom is 0.240 e. The van der Waals surface area contributed by atoms with E-state index in [0.29, 0.717) is 17.9 Å². The third-order valence-corrected chi connectivity index (χ3v) is 5.82. The van der Waals surface area contributed by atoms with Crippen LogP contribution in [0.25, 0.3) is 0 Å². The van der Waals surface area contributed by atoms with Gasteiger partial charge in [-0.15, -0.1) is 0 Å². The standard InChI is InChI=1S/C16H29N3O/c1-3-18(4-2)13-8-9-19(11-13)16(20)15-14-7-5-6-12(14)10-17-15/h12-15,17H,3-11H2,1-2H3. The molecule has 114 valence electrons. The van der Waals surface area contributed by atoms with Gasteiger partial charge in [0.2, 0.25) is 5.91 Å². The normalized spacial score (nSPS) is 36.9. The summed E-state index contributed by atoms with van der Waals surface area (Å²) in [5.74, 6) is 1.77. The Hall–Kier alpha value is -0.610. The molecule has 2 heterocycles. The predicted molar refractivity (Wildman–Crippen MR) is 80.5 cm³/mol. The zero-order valence-corrected chi connectivity index (χ0v) is 13.0. The van der Waals surface area contributed by atoms with Crippen molar-refractivity contribution >= 4 is 5.91 Å². The Kier molecular flexibility index (Phi) is 4.32. The molecule has 0 aromatic carbocycles. The van der Waals surface area contributed by atoms with Crippen LogP contribution >= 0.6 is 0 Å². The van der Waals surface area contributed by atoms with Crippen LogP contribution in [0.2, 0.25) is 0 Å².